The Balaban J connectivity index is 4.32. The van der Waals surface area contributed by atoms with Crippen LogP contribution >= 0.6 is 0 Å². The van der Waals surface area contributed by atoms with E-state index in [1.165, 1.54) is 44.9 Å². The summed E-state index contributed by atoms with van der Waals surface area (Å²) in [4.78, 5) is 13.1. The van der Waals surface area contributed by atoms with Gasteiger partial charge in [0, 0.05) is 12.8 Å². The molecule has 0 radical (unpaired) electrons. The molecule has 0 heterocycles. The highest BCUT2D eigenvalue weighted by Crippen LogP contribution is 2.23. The van der Waals surface area contributed by atoms with Crippen LogP contribution in [0.25, 0.3) is 0 Å². The van der Waals surface area contributed by atoms with Gasteiger partial charge in [-0.05, 0) is 12.8 Å². The second kappa shape index (κ2) is 17.5. The monoisotopic (exact) mass is 408 g/mol. The molecule has 0 saturated carbocycles. The third-order valence-corrected chi connectivity index (χ3v) is 5.12. The lowest BCUT2D eigenvalue weighted by Gasteiger charge is -2.36. The number of unbranched alkanes of at least 4 members (excludes halogenated alkanes) is 12. The molecule has 1 atom stereocenters. The second-order valence-electron chi connectivity index (χ2n) is 7.78. The van der Waals surface area contributed by atoms with Crippen molar-refractivity contribution in [2.24, 2.45) is 5.73 Å². The average Bonchev–Trinajstić information content (AvgIpc) is 2.71. The van der Waals surface area contributed by atoms with Gasteiger partial charge in [0.05, 0.1) is 0 Å². The second-order valence-corrected chi connectivity index (χ2v) is 7.78. The van der Waals surface area contributed by atoms with Crippen LogP contribution in [0.3, 0.4) is 0 Å². The minimum absolute atomic E-state index is 0.146. The first-order valence-corrected chi connectivity index (χ1v) is 11.1. The molecule has 170 valence electrons. The quantitative estimate of drug-likeness (QED) is 0.0719. The third-order valence-electron chi connectivity index (χ3n) is 5.12. The molecule has 0 aromatic carbocycles. The summed E-state index contributed by atoms with van der Waals surface area (Å²) in [5.41, 5.74) is 6.02. The number of nitrogens with two attached hydrogens (primary N) is 1. The van der Waals surface area contributed by atoms with Crippen molar-refractivity contribution < 1.29 is 30.4 Å². The Bertz CT molecular complexity index is 345. The number of hydrogen-bond acceptors (Lipinski definition) is 8. The SMILES string of the molecule is CCCCCCCCCC(N)(NC(CCCCCCCCC)(OO)OO)OO. The summed E-state index contributed by atoms with van der Waals surface area (Å²) in [5, 5.41) is 30.3. The van der Waals surface area contributed by atoms with Crippen LogP contribution in [0.4, 0.5) is 0 Å². The van der Waals surface area contributed by atoms with E-state index in [0.717, 1.165) is 32.1 Å². The highest BCUT2D eigenvalue weighted by Gasteiger charge is 2.42. The fourth-order valence-electron chi connectivity index (χ4n) is 3.33. The van der Waals surface area contributed by atoms with Gasteiger partial charge in [-0.25, -0.2) is 26.0 Å². The molecule has 0 rings (SSSR count). The van der Waals surface area contributed by atoms with E-state index < -0.39 is 11.8 Å². The predicted octanol–water partition coefficient (Wildman–Crippen LogP) is 5.59. The van der Waals surface area contributed by atoms with Crippen molar-refractivity contribution >= 4 is 0 Å². The van der Waals surface area contributed by atoms with Gasteiger partial charge in [-0.1, -0.05) is 90.9 Å². The van der Waals surface area contributed by atoms with Crippen LogP contribution < -0.4 is 11.1 Å². The van der Waals surface area contributed by atoms with E-state index in [1.807, 2.05) is 0 Å². The molecule has 0 amide bonds. The molecule has 0 fully saturated rings. The molecule has 6 N–H and O–H groups in total. The van der Waals surface area contributed by atoms with Gasteiger partial charge in [-0.2, -0.15) is 9.78 Å². The summed E-state index contributed by atoms with van der Waals surface area (Å²) in [6.07, 6.45) is 15.3. The third kappa shape index (κ3) is 13.0. The molecule has 0 bridgehead atoms. The van der Waals surface area contributed by atoms with Crippen LogP contribution in [0.5, 0.6) is 0 Å². The van der Waals surface area contributed by atoms with Gasteiger partial charge in [-0.15, -0.1) is 0 Å². The lowest BCUT2D eigenvalue weighted by atomic mass is 10.1. The van der Waals surface area contributed by atoms with Gasteiger partial charge >= 0.3 is 0 Å². The Morgan fingerprint density at radius 2 is 1.00 bits per heavy atom. The molecule has 0 aliphatic rings. The maximum Gasteiger partial charge on any atom is 0.289 e. The first-order valence-electron chi connectivity index (χ1n) is 11.1. The standard InChI is InChI=1S/C20H44N2O6/c1-3-5-7-9-11-13-15-17-19(21,26-23)22-20(27-24,28-25)18-16-14-12-10-8-6-4-2/h22-25H,3-18,21H2,1-2H3. The molecular formula is C20H44N2O6. The van der Waals surface area contributed by atoms with Gasteiger partial charge in [0.2, 0.25) is 5.85 Å². The van der Waals surface area contributed by atoms with Crippen LogP contribution in [-0.4, -0.2) is 27.5 Å². The number of nitrogens with one attached hydrogen (secondary N) is 1. The molecule has 0 aromatic rings. The molecule has 0 saturated heterocycles. The van der Waals surface area contributed by atoms with Crippen molar-refractivity contribution in [2.75, 3.05) is 0 Å². The Labute approximate surface area is 170 Å². The summed E-state index contributed by atoms with van der Waals surface area (Å²) in [7, 11) is 0. The fraction of sp³-hybridized carbons (Fsp3) is 1.00. The minimum Gasteiger partial charge on any atom is -0.288 e. The molecule has 0 aliphatic carbocycles. The van der Waals surface area contributed by atoms with E-state index >= 15 is 0 Å². The van der Waals surface area contributed by atoms with Crippen LogP contribution in [-0.2, 0) is 14.7 Å². The lowest BCUT2D eigenvalue weighted by molar-refractivity contribution is -0.513. The highest BCUT2D eigenvalue weighted by molar-refractivity contribution is 4.77. The zero-order valence-corrected chi connectivity index (χ0v) is 18.0. The van der Waals surface area contributed by atoms with Gasteiger partial charge in [0.15, 0.2) is 0 Å². The molecule has 0 aromatic heterocycles. The van der Waals surface area contributed by atoms with Crippen molar-refractivity contribution in [1.29, 1.82) is 0 Å². The topological polar surface area (TPSA) is 126 Å². The summed E-state index contributed by atoms with van der Waals surface area (Å²) >= 11 is 0. The van der Waals surface area contributed by atoms with Crippen LogP contribution in [0.1, 0.15) is 117 Å². The van der Waals surface area contributed by atoms with Gasteiger partial charge < -0.3 is 0 Å². The molecule has 28 heavy (non-hydrogen) atoms. The largest absolute Gasteiger partial charge is 0.289 e. The smallest absolute Gasteiger partial charge is 0.288 e. The lowest BCUT2D eigenvalue weighted by Crippen LogP contribution is -2.65. The van der Waals surface area contributed by atoms with Gasteiger partial charge in [0.25, 0.3) is 5.91 Å². The number of rotatable bonds is 21. The first kappa shape index (κ1) is 27.7. The van der Waals surface area contributed by atoms with Crippen LogP contribution in [0.2, 0.25) is 0 Å². The zero-order chi connectivity index (χ0) is 21.1. The molecular weight excluding hydrogens is 364 g/mol. The van der Waals surface area contributed by atoms with Crippen molar-refractivity contribution in [3.05, 3.63) is 0 Å². The van der Waals surface area contributed by atoms with E-state index in [-0.39, 0.29) is 12.8 Å². The zero-order valence-electron chi connectivity index (χ0n) is 18.0. The predicted molar refractivity (Wildman–Crippen MR) is 109 cm³/mol. The van der Waals surface area contributed by atoms with E-state index in [2.05, 4.69) is 33.8 Å². The molecule has 0 spiro atoms. The summed E-state index contributed by atoms with van der Waals surface area (Å²) < 4.78 is 0. The van der Waals surface area contributed by atoms with Crippen LogP contribution in [0, 0.1) is 0 Å². The number of hydrogen-bond donors (Lipinski definition) is 5. The Morgan fingerprint density at radius 3 is 1.39 bits per heavy atom. The molecule has 8 nitrogen and oxygen atoms in total. The minimum atomic E-state index is -1.94. The van der Waals surface area contributed by atoms with E-state index in [9.17, 15) is 15.8 Å². The average molecular weight is 409 g/mol. The van der Waals surface area contributed by atoms with Crippen molar-refractivity contribution in [1.82, 2.24) is 5.32 Å². The normalized spacial score (nSPS) is 14.4. The highest BCUT2D eigenvalue weighted by atomic mass is 17.2. The maximum absolute atomic E-state index is 9.26. The Morgan fingerprint density at radius 1 is 0.607 bits per heavy atom. The summed E-state index contributed by atoms with van der Waals surface area (Å²) in [6, 6.07) is 0. The van der Waals surface area contributed by atoms with E-state index in [1.54, 1.807) is 0 Å². The summed E-state index contributed by atoms with van der Waals surface area (Å²) in [6.45, 7) is 4.35. The molecule has 0 aliphatic heterocycles. The molecule has 8 heteroatoms. The Kier molecular flexibility index (Phi) is 17.3. The van der Waals surface area contributed by atoms with E-state index in [0.29, 0.717) is 12.8 Å². The van der Waals surface area contributed by atoms with Gasteiger partial charge in [-0.3, -0.25) is 5.73 Å². The van der Waals surface area contributed by atoms with Crippen LogP contribution in [0.15, 0.2) is 0 Å². The van der Waals surface area contributed by atoms with Crippen molar-refractivity contribution in [3.63, 3.8) is 0 Å². The first-order chi connectivity index (χ1) is 13.5. The summed E-state index contributed by atoms with van der Waals surface area (Å²) in [5.74, 6) is -3.64. The van der Waals surface area contributed by atoms with Gasteiger partial charge in [0.1, 0.15) is 0 Å². The van der Waals surface area contributed by atoms with Crippen molar-refractivity contribution in [3.8, 4) is 0 Å². The maximum atomic E-state index is 9.26. The van der Waals surface area contributed by atoms with E-state index in [4.69, 9.17) is 5.73 Å². The van der Waals surface area contributed by atoms with Crippen molar-refractivity contribution in [2.45, 2.75) is 128 Å². The Hall–Kier alpha value is -0.320. The fourth-order valence-corrected chi connectivity index (χ4v) is 3.33. The molecule has 1 unspecified atom stereocenters.